The SMILES string of the molecule is O=C1C(O)C(O)C(O)C(O)C(O)C(O)C(=O)[Si]12O[SiH2]O[SiH2]O[SiH2]O2. The number of rotatable bonds is 0. The van der Waals surface area contributed by atoms with Gasteiger partial charge in [0.1, 0.15) is 36.6 Å². The van der Waals surface area contributed by atoms with Crippen LogP contribution in [0.1, 0.15) is 0 Å². The fraction of sp³-hybridized carbons (Fsp3) is 0.750. The third kappa shape index (κ3) is 3.52. The lowest BCUT2D eigenvalue weighted by Gasteiger charge is -2.33. The van der Waals surface area contributed by atoms with Crippen molar-refractivity contribution in [2.24, 2.45) is 0 Å². The smallest absolute Gasteiger partial charge is 0.425 e. The maximum absolute atomic E-state index is 12.6. The van der Waals surface area contributed by atoms with E-state index in [1.165, 1.54) is 0 Å². The molecule has 0 aromatic rings. The van der Waals surface area contributed by atoms with Crippen LogP contribution in [-0.4, -0.2) is 117 Å². The van der Waals surface area contributed by atoms with Gasteiger partial charge >= 0.3 is 8.56 Å². The van der Waals surface area contributed by atoms with E-state index in [1.54, 1.807) is 0 Å². The second kappa shape index (κ2) is 8.01. The summed E-state index contributed by atoms with van der Waals surface area (Å²) < 4.78 is 20.7. The third-order valence-corrected chi connectivity index (χ3v) is 12.5. The fourth-order valence-corrected chi connectivity index (χ4v) is 12.6. The van der Waals surface area contributed by atoms with E-state index >= 15 is 0 Å². The van der Waals surface area contributed by atoms with Crippen LogP contribution in [0.15, 0.2) is 0 Å². The molecule has 16 heteroatoms. The van der Waals surface area contributed by atoms with Crippen LogP contribution in [-0.2, 0) is 26.0 Å². The Morgan fingerprint density at radius 1 is 0.667 bits per heavy atom. The van der Waals surface area contributed by atoms with Gasteiger partial charge in [-0.3, -0.25) is 9.59 Å². The van der Waals surface area contributed by atoms with Crippen LogP contribution in [0.3, 0.4) is 0 Å². The quantitative estimate of drug-likeness (QED) is 0.204. The molecule has 0 bridgehead atoms. The molecule has 12 nitrogen and oxygen atoms in total. The van der Waals surface area contributed by atoms with E-state index < -0.39 is 86.0 Å². The summed E-state index contributed by atoms with van der Waals surface area (Å²) in [5.74, 6) is 0. The normalized spacial score (nSPS) is 48.9. The highest BCUT2D eigenvalue weighted by Crippen LogP contribution is 2.24. The Labute approximate surface area is 143 Å². The first-order chi connectivity index (χ1) is 11.2. The zero-order chi connectivity index (χ0) is 18.1. The Morgan fingerprint density at radius 2 is 1.04 bits per heavy atom. The standard InChI is InChI=1S/C8H18O12Si4/c9-1-2(10)4(12)6(14)8(16)24(7(15)5(13)3(1)11)19-22-17-21-18-23-20-24/h1-6,9-14H,21-23H2. The molecule has 0 amide bonds. The molecule has 2 aliphatic rings. The van der Waals surface area contributed by atoms with E-state index in [1.807, 2.05) is 0 Å². The molecule has 24 heavy (non-hydrogen) atoms. The van der Waals surface area contributed by atoms with Gasteiger partial charge in [-0.15, -0.1) is 0 Å². The Kier molecular flexibility index (Phi) is 6.71. The van der Waals surface area contributed by atoms with Crippen LogP contribution in [0.2, 0.25) is 0 Å². The van der Waals surface area contributed by atoms with Gasteiger partial charge in [-0.05, 0) is 0 Å². The Hall–Kier alpha value is -0.192. The van der Waals surface area contributed by atoms with Gasteiger partial charge in [0.05, 0.1) is 0 Å². The van der Waals surface area contributed by atoms with Crippen molar-refractivity contribution in [3.63, 3.8) is 0 Å². The van der Waals surface area contributed by atoms with Gasteiger partial charge in [-0.1, -0.05) is 0 Å². The predicted molar refractivity (Wildman–Crippen MR) is 81.8 cm³/mol. The summed E-state index contributed by atoms with van der Waals surface area (Å²) >= 11 is 0. The molecule has 0 saturated carbocycles. The van der Waals surface area contributed by atoms with Crippen LogP contribution in [0, 0.1) is 0 Å². The van der Waals surface area contributed by atoms with Crippen molar-refractivity contribution in [1.29, 1.82) is 0 Å². The summed E-state index contributed by atoms with van der Waals surface area (Å²) in [4.78, 5) is 25.1. The van der Waals surface area contributed by atoms with Crippen LogP contribution < -0.4 is 0 Å². The molecule has 6 N–H and O–H groups in total. The largest absolute Gasteiger partial charge is 0.469 e. The molecule has 2 saturated heterocycles. The first kappa shape index (κ1) is 20.1. The third-order valence-electron chi connectivity index (χ3n) is 3.74. The first-order valence-electron chi connectivity index (χ1n) is 6.84. The summed E-state index contributed by atoms with van der Waals surface area (Å²) in [5, 5.41) is 56.4. The summed E-state index contributed by atoms with van der Waals surface area (Å²) in [6, 6.07) is 0. The Bertz CT molecular complexity index is 450. The topological polar surface area (TPSA) is 192 Å². The van der Waals surface area contributed by atoms with Crippen molar-refractivity contribution in [2.45, 2.75) is 36.6 Å². The van der Waals surface area contributed by atoms with Crippen LogP contribution in [0.5, 0.6) is 0 Å². The molecule has 138 valence electrons. The zero-order valence-corrected chi connectivity index (χ0v) is 17.5. The van der Waals surface area contributed by atoms with Gasteiger partial charge in [-0.25, -0.2) is 0 Å². The zero-order valence-electron chi connectivity index (χ0n) is 12.2. The van der Waals surface area contributed by atoms with Crippen molar-refractivity contribution in [2.75, 3.05) is 0 Å². The minimum absolute atomic E-state index is 1.35. The molecule has 2 fully saturated rings. The number of carbonyl (C=O) groups is 2. The summed E-state index contributed by atoms with van der Waals surface area (Å²) in [5.41, 5.74) is 0. The average Bonchev–Trinajstić information content (AvgIpc) is 2.57. The Balaban J connectivity index is 2.50. The Morgan fingerprint density at radius 3 is 1.42 bits per heavy atom. The average molecular weight is 419 g/mol. The monoisotopic (exact) mass is 418 g/mol. The van der Waals surface area contributed by atoms with Gasteiger partial charge in [0.15, 0.2) is 0 Å². The molecule has 1 spiro atoms. The van der Waals surface area contributed by atoms with Crippen LogP contribution in [0.4, 0.5) is 0 Å². The van der Waals surface area contributed by atoms with Crippen LogP contribution >= 0.6 is 0 Å². The van der Waals surface area contributed by atoms with E-state index in [9.17, 15) is 40.2 Å². The molecule has 0 aromatic heterocycles. The number of carbonyl (C=O) groups excluding carboxylic acids is 2. The minimum atomic E-state index is -4.67. The van der Waals surface area contributed by atoms with Crippen molar-refractivity contribution >= 4 is 49.4 Å². The van der Waals surface area contributed by atoms with Gasteiger partial charge in [0, 0.05) is 0 Å². The first-order valence-corrected chi connectivity index (χ1v) is 12.1. The molecule has 2 rings (SSSR count). The number of hydrogen-bond acceptors (Lipinski definition) is 12. The highest BCUT2D eigenvalue weighted by atomic mass is 28.5. The molecule has 2 aliphatic heterocycles. The summed E-state index contributed by atoms with van der Waals surface area (Å²) in [6.45, 7) is 0. The number of aliphatic hydroxyl groups is 6. The van der Waals surface area contributed by atoms with Gasteiger partial charge in [-0.2, -0.15) is 0 Å². The molecular weight excluding hydrogens is 400 g/mol. The minimum Gasteiger partial charge on any atom is -0.425 e. The maximum Gasteiger partial charge on any atom is 0.469 e. The summed E-state index contributed by atoms with van der Waals surface area (Å²) in [6.07, 6.45) is -13.5. The lowest BCUT2D eigenvalue weighted by molar-refractivity contribution is -0.158. The van der Waals surface area contributed by atoms with E-state index in [-0.39, 0.29) is 0 Å². The molecule has 0 radical (unpaired) electrons. The van der Waals surface area contributed by atoms with Crippen LogP contribution in [0.25, 0.3) is 0 Å². The number of aliphatic hydroxyl groups excluding tert-OH is 6. The lowest BCUT2D eigenvalue weighted by Crippen LogP contribution is -2.68. The highest BCUT2D eigenvalue weighted by Gasteiger charge is 2.62. The molecule has 0 aromatic carbocycles. The molecule has 6 unspecified atom stereocenters. The summed E-state index contributed by atoms with van der Waals surface area (Å²) in [7, 11) is -9.85. The van der Waals surface area contributed by atoms with Crippen molar-refractivity contribution in [3.8, 4) is 0 Å². The van der Waals surface area contributed by atoms with Gasteiger partial charge < -0.3 is 47.1 Å². The molecular formula is C8H18O12Si4. The molecule has 0 aliphatic carbocycles. The molecule has 6 atom stereocenters. The van der Waals surface area contributed by atoms with Gasteiger partial charge in [0.25, 0.3) is 30.0 Å². The van der Waals surface area contributed by atoms with Crippen molar-refractivity contribution in [1.82, 2.24) is 0 Å². The van der Waals surface area contributed by atoms with Crippen molar-refractivity contribution in [3.05, 3.63) is 0 Å². The number of hydrogen-bond donors (Lipinski definition) is 6. The second-order valence-corrected chi connectivity index (χ2v) is 13.7. The van der Waals surface area contributed by atoms with E-state index in [4.69, 9.17) is 16.5 Å². The van der Waals surface area contributed by atoms with Crippen molar-refractivity contribution < 1.29 is 56.7 Å². The van der Waals surface area contributed by atoms with E-state index in [0.29, 0.717) is 0 Å². The lowest BCUT2D eigenvalue weighted by atomic mass is 9.97. The maximum atomic E-state index is 12.6. The molecule has 2 heterocycles. The van der Waals surface area contributed by atoms with E-state index in [2.05, 4.69) is 0 Å². The van der Waals surface area contributed by atoms with Gasteiger partial charge in [0.2, 0.25) is 10.8 Å². The predicted octanol–water partition coefficient (Wildman–Crippen LogP) is -8.10. The van der Waals surface area contributed by atoms with E-state index in [0.717, 1.165) is 0 Å². The highest BCUT2D eigenvalue weighted by molar-refractivity contribution is 7.20. The second-order valence-electron chi connectivity index (χ2n) is 5.25. The fourth-order valence-electron chi connectivity index (χ4n) is 2.30.